The van der Waals surface area contributed by atoms with Gasteiger partial charge in [0, 0.05) is 49.5 Å². The molecular weight excluding hydrogens is 484 g/mol. The number of benzene rings is 3. The summed E-state index contributed by atoms with van der Waals surface area (Å²) in [6.45, 7) is -0.980. The van der Waals surface area contributed by atoms with Gasteiger partial charge in [-0.1, -0.05) is 54.6 Å². The molecule has 1 fully saturated rings. The molecule has 38 heavy (non-hydrogen) atoms. The van der Waals surface area contributed by atoms with Crippen molar-refractivity contribution in [1.82, 2.24) is 9.91 Å². The van der Waals surface area contributed by atoms with Gasteiger partial charge in [-0.3, -0.25) is 4.90 Å². The van der Waals surface area contributed by atoms with Gasteiger partial charge in [0.15, 0.2) is 0 Å². The fourth-order valence-electron chi connectivity index (χ4n) is 6.88. The van der Waals surface area contributed by atoms with Crippen LogP contribution in [0.2, 0.25) is 0 Å². The van der Waals surface area contributed by atoms with Crippen molar-refractivity contribution < 1.29 is 18.3 Å². The van der Waals surface area contributed by atoms with Crippen molar-refractivity contribution >= 4 is 5.71 Å². The second-order valence-corrected chi connectivity index (χ2v) is 10.7. The maximum absolute atomic E-state index is 12.8. The molecule has 5 nitrogen and oxygen atoms in total. The first-order chi connectivity index (χ1) is 18.6. The number of hydrazone groups is 1. The number of ether oxygens (including phenoxy) is 2. The van der Waals surface area contributed by atoms with Crippen LogP contribution in [-0.4, -0.2) is 41.0 Å². The van der Waals surface area contributed by atoms with Gasteiger partial charge in [-0.05, 0) is 48.6 Å². The molecule has 4 aliphatic rings. The predicted octanol–water partition coefficient (Wildman–Crippen LogP) is 6.70. The normalized spacial score (nSPS) is 23.9. The van der Waals surface area contributed by atoms with E-state index in [0.717, 1.165) is 48.5 Å². The van der Waals surface area contributed by atoms with Crippen molar-refractivity contribution in [3.05, 3.63) is 95.1 Å². The maximum atomic E-state index is 12.8. The third kappa shape index (κ3) is 4.04. The van der Waals surface area contributed by atoms with E-state index in [1.807, 2.05) is 18.2 Å². The molecule has 7 heteroatoms. The zero-order valence-electron chi connectivity index (χ0n) is 21.2. The molecule has 196 valence electrons. The van der Waals surface area contributed by atoms with E-state index in [2.05, 4.69) is 51.0 Å². The van der Waals surface area contributed by atoms with Gasteiger partial charge >= 0.3 is 6.61 Å². The van der Waals surface area contributed by atoms with E-state index in [4.69, 9.17) is 9.84 Å². The summed E-state index contributed by atoms with van der Waals surface area (Å²) in [6.07, 6.45) is 5.98. The van der Waals surface area contributed by atoms with E-state index >= 15 is 0 Å². The molecule has 0 amide bonds. The van der Waals surface area contributed by atoms with Crippen LogP contribution in [0.25, 0.3) is 0 Å². The fourth-order valence-corrected chi connectivity index (χ4v) is 6.88. The van der Waals surface area contributed by atoms with Crippen molar-refractivity contribution in [2.45, 2.75) is 62.9 Å². The summed E-state index contributed by atoms with van der Waals surface area (Å²) in [7, 11) is 0. The average molecular weight is 516 g/mol. The fraction of sp³-hybridized carbons (Fsp3) is 0.387. The number of hydrogen-bond acceptors (Lipinski definition) is 5. The quantitative estimate of drug-likeness (QED) is 0.388. The van der Waals surface area contributed by atoms with E-state index in [1.165, 1.54) is 30.4 Å². The topological polar surface area (TPSA) is 37.3 Å². The van der Waals surface area contributed by atoms with Gasteiger partial charge in [0.05, 0.1) is 11.8 Å². The minimum Gasteiger partial charge on any atom is -0.466 e. The highest BCUT2D eigenvalue weighted by Gasteiger charge is 2.52. The molecule has 2 atom stereocenters. The molecule has 0 saturated carbocycles. The summed E-state index contributed by atoms with van der Waals surface area (Å²) in [5.41, 5.74) is 5.25. The number of piperidine rings is 1. The number of fused-ring (bicyclic) bond motifs is 5. The number of nitrogens with zero attached hydrogens (tertiary/aromatic N) is 3. The summed E-state index contributed by atoms with van der Waals surface area (Å²) in [4.78, 5) is 2.63. The Kier molecular flexibility index (Phi) is 5.84. The summed E-state index contributed by atoms with van der Waals surface area (Å²) < 4.78 is 37.2. The lowest BCUT2D eigenvalue weighted by Gasteiger charge is -2.52. The maximum Gasteiger partial charge on any atom is 0.387 e. The highest BCUT2D eigenvalue weighted by Crippen LogP contribution is 2.51. The van der Waals surface area contributed by atoms with Crippen LogP contribution in [0.4, 0.5) is 8.78 Å². The average Bonchev–Trinajstić information content (AvgIpc) is 3.40. The smallest absolute Gasteiger partial charge is 0.387 e. The Balaban J connectivity index is 1.18. The summed E-state index contributed by atoms with van der Waals surface area (Å²) in [6, 6.07) is 24.5. The van der Waals surface area contributed by atoms with Gasteiger partial charge in [0.2, 0.25) is 5.72 Å². The first-order valence-electron chi connectivity index (χ1n) is 13.6. The van der Waals surface area contributed by atoms with E-state index in [9.17, 15) is 8.78 Å². The first-order valence-corrected chi connectivity index (χ1v) is 13.6. The molecular formula is C31H31F2N3O2. The van der Waals surface area contributed by atoms with Crippen molar-refractivity contribution in [1.29, 1.82) is 0 Å². The summed E-state index contributed by atoms with van der Waals surface area (Å²) in [5, 5.41) is 7.29. The van der Waals surface area contributed by atoms with Gasteiger partial charge < -0.3 is 9.47 Å². The largest absolute Gasteiger partial charge is 0.466 e. The van der Waals surface area contributed by atoms with Crippen molar-refractivity contribution in [3.63, 3.8) is 0 Å². The Morgan fingerprint density at radius 2 is 1.71 bits per heavy atom. The van der Waals surface area contributed by atoms with E-state index in [-0.39, 0.29) is 11.8 Å². The number of rotatable bonds is 4. The second kappa shape index (κ2) is 9.38. The molecule has 0 unspecified atom stereocenters. The molecule has 1 spiro atoms. The lowest BCUT2D eigenvalue weighted by atomic mass is 9.84. The Hall–Kier alpha value is -3.45. The monoisotopic (exact) mass is 515 g/mol. The van der Waals surface area contributed by atoms with Crippen LogP contribution in [0.5, 0.6) is 11.5 Å². The molecule has 0 bridgehead atoms. The second-order valence-electron chi connectivity index (χ2n) is 10.7. The highest BCUT2D eigenvalue weighted by atomic mass is 19.3. The molecule has 3 aromatic carbocycles. The number of hydrogen-bond donors (Lipinski definition) is 0. The van der Waals surface area contributed by atoms with Crippen molar-refractivity contribution in [3.8, 4) is 11.5 Å². The molecule has 0 aromatic heterocycles. The van der Waals surface area contributed by atoms with Gasteiger partial charge in [-0.2, -0.15) is 13.9 Å². The zero-order chi connectivity index (χ0) is 25.7. The minimum atomic E-state index is -2.85. The van der Waals surface area contributed by atoms with Gasteiger partial charge in [0.1, 0.15) is 11.5 Å². The van der Waals surface area contributed by atoms with Gasteiger partial charge in [0.25, 0.3) is 0 Å². The minimum absolute atomic E-state index is 0.0524. The van der Waals surface area contributed by atoms with E-state index < -0.39 is 12.3 Å². The van der Waals surface area contributed by atoms with Crippen LogP contribution < -0.4 is 9.47 Å². The lowest BCUT2D eigenvalue weighted by Crippen LogP contribution is -2.59. The molecule has 3 heterocycles. The lowest BCUT2D eigenvalue weighted by molar-refractivity contribution is -0.153. The molecule has 3 aromatic rings. The SMILES string of the molecule is FC(F)Oc1cccc(C2=NN3[C@@H](C2)c2ccccc2OC32CCN([C@@H]3CCCc4ccccc43)CC2)c1. The van der Waals surface area contributed by atoms with E-state index in [0.29, 0.717) is 12.5 Å². The Morgan fingerprint density at radius 1 is 0.921 bits per heavy atom. The van der Waals surface area contributed by atoms with Crippen LogP contribution in [0, 0.1) is 0 Å². The first kappa shape index (κ1) is 23.7. The molecule has 0 radical (unpaired) electrons. The van der Waals surface area contributed by atoms with Crippen LogP contribution in [0.1, 0.15) is 66.4 Å². The van der Waals surface area contributed by atoms with Crippen LogP contribution in [-0.2, 0) is 6.42 Å². The Bertz CT molecular complexity index is 1370. The number of para-hydroxylation sites is 1. The van der Waals surface area contributed by atoms with Crippen molar-refractivity contribution in [2.75, 3.05) is 13.1 Å². The Labute approximate surface area is 221 Å². The number of halogens is 2. The third-order valence-corrected chi connectivity index (χ3v) is 8.66. The molecule has 0 N–H and O–H groups in total. The van der Waals surface area contributed by atoms with Crippen LogP contribution in [0.3, 0.4) is 0 Å². The molecule has 3 aliphatic heterocycles. The standard InChI is InChI=1S/C31H31F2N3O2/c32-30(33)37-23-10-5-9-22(19-23)26-20-28-25-12-3-4-14-29(25)38-31(36(28)34-26)15-17-35(18-16-31)27-13-6-8-21-7-1-2-11-24(21)27/h1-5,7,9-12,14,19,27-28,30H,6,8,13,15-18,20H2/t27-,28+/m1/s1. The molecule has 7 rings (SSSR count). The number of aryl methyl sites for hydroxylation is 1. The highest BCUT2D eigenvalue weighted by molar-refractivity contribution is 6.02. The van der Waals surface area contributed by atoms with Gasteiger partial charge in [-0.25, -0.2) is 5.01 Å². The van der Waals surface area contributed by atoms with Crippen molar-refractivity contribution in [2.24, 2.45) is 5.10 Å². The molecule has 1 aliphatic carbocycles. The number of likely N-dealkylation sites (tertiary alicyclic amines) is 1. The summed E-state index contributed by atoms with van der Waals surface area (Å²) in [5.74, 6) is 1.08. The Morgan fingerprint density at radius 3 is 2.55 bits per heavy atom. The summed E-state index contributed by atoms with van der Waals surface area (Å²) >= 11 is 0. The number of alkyl halides is 2. The molecule has 1 saturated heterocycles. The zero-order valence-corrected chi connectivity index (χ0v) is 21.2. The van der Waals surface area contributed by atoms with Crippen LogP contribution >= 0.6 is 0 Å². The van der Waals surface area contributed by atoms with Gasteiger partial charge in [-0.15, -0.1) is 0 Å². The van der Waals surface area contributed by atoms with E-state index in [1.54, 1.807) is 18.2 Å². The predicted molar refractivity (Wildman–Crippen MR) is 142 cm³/mol. The van der Waals surface area contributed by atoms with Crippen LogP contribution in [0.15, 0.2) is 77.9 Å². The third-order valence-electron chi connectivity index (χ3n) is 8.66.